The van der Waals surface area contributed by atoms with Gasteiger partial charge < -0.3 is 19.5 Å². The lowest BCUT2D eigenvalue weighted by Crippen LogP contribution is -2.39. The molecule has 0 unspecified atom stereocenters. The van der Waals surface area contributed by atoms with E-state index in [1.165, 1.54) is 7.05 Å². The summed E-state index contributed by atoms with van der Waals surface area (Å²) in [5, 5.41) is 4.22. The van der Waals surface area contributed by atoms with Crippen molar-refractivity contribution in [2.45, 2.75) is 20.3 Å². The van der Waals surface area contributed by atoms with Crippen molar-refractivity contribution in [2.24, 2.45) is 0 Å². The summed E-state index contributed by atoms with van der Waals surface area (Å²) in [6.45, 7) is 4.09. The molecular formula is C16H21BrN2O6. The molecule has 0 radical (unpaired) electrons. The molecule has 0 atom stereocenters. The van der Waals surface area contributed by atoms with Crippen LogP contribution in [0.15, 0.2) is 16.6 Å². The second-order valence-electron chi connectivity index (χ2n) is 4.72. The molecule has 0 heterocycles. The van der Waals surface area contributed by atoms with Crippen LogP contribution < -0.4 is 20.1 Å². The predicted molar refractivity (Wildman–Crippen MR) is 93.7 cm³/mol. The SMILES string of the molecule is CCOc1cc(Br)c(CC(=O)OCC(=O)NC(=O)NC)cc1OCC. The molecule has 0 bridgehead atoms. The second kappa shape index (κ2) is 10.5. The Kier molecular flexibility index (Phi) is 8.76. The fourth-order valence-electron chi connectivity index (χ4n) is 1.83. The van der Waals surface area contributed by atoms with Crippen molar-refractivity contribution in [3.63, 3.8) is 0 Å². The Labute approximate surface area is 154 Å². The Morgan fingerprint density at radius 3 is 2.24 bits per heavy atom. The van der Waals surface area contributed by atoms with Gasteiger partial charge in [-0.05, 0) is 31.5 Å². The summed E-state index contributed by atoms with van der Waals surface area (Å²) in [6.07, 6.45) is -0.0691. The van der Waals surface area contributed by atoms with Crippen LogP contribution in [0.2, 0.25) is 0 Å². The molecule has 0 aliphatic heterocycles. The molecule has 3 amide bonds. The Morgan fingerprint density at radius 2 is 1.68 bits per heavy atom. The fourth-order valence-corrected chi connectivity index (χ4v) is 2.29. The average molecular weight is 417 g/mol. The second-order valence-corrected chi connectivity index (χ2v) is 5.58. The van der Waals surface area contributed by atoms with Crippen LogP contribution in [0, 0.1) is 0 Å². The van der Waals surface area contributed by atoms with E-state index in [9.17, 15) is 14.4 Å². The molecule has 25 heavy (non-hydrogen) atoms. The molecule has 1 rings (SSSR count). The Balaban J connectivity index is 2.71. The first-order valence-electron chi connectivity index (χ1n) is 7.66. The van der Waals surface area contributed by atoms with Crippen molar-refractivity contribution in [1.82, 2.24) is 10.6 Å². The number of esters is 1. The third-order valence-corrected chi connectivity index (χ3v) is 3.63. The maximum absolute atomic E-state index is 11.9. The molecule has 8 nitrogen and oxygen atoms in total. The number of hydrogen-bond donors (Lipinski definition) is 2. The van der Waals surface area contributed by atoms with Gasteiger partial charge in [0.05, 0.1) is 19.6 Å². The Morgan fingerprint density at radius 1 is 1.08 bits per heavy atom. The first kappa shape index (κ1) is 20.8. The van der Waals surface area contributed by atoms with E-state index in [0.717, 1.165) is 0 Å². The van der Waals surface area contributed by atoms with Gasteiger partial charge in [0.15, 0.2) is 18.1 Å². The minimum Gasteiger partial charge on any atom is -0.490 e. The lowest BCUT2D eigenvalue weighted by atomic mass is 10.1. The van der Waals surface area contributed by atoms with E-state index >= 15 is 0 Å². The smallest absolute Gasteiger partial charge is 0.321 e. The zero-order chi connectivity index (χ0) is 18.8. The lowest BCUT2D eigenvalue weighted by Gasteiger charge is -2.14. The van der Waals surface area contributed by atoms with Gasteiger partial charge >= 0.3 is 12.0 Å². The molecule has 0 aromatic heterocycles. The first-order valence-corrected chi connectivity index (χ1v) is 8.45. The van der Waals surface area contributed by atoms with E-state index in [1.54, 1.807) is 12.1 Å². The van der Waals surface area contributed by atoms with Gasteiger partial charge in [-0.3, -0.25) is 14.9 Å². The molecule has 0 aliphatic rings. The zero-order valence-electron chi connectivity index (χ0n) is 14.3. The number of imide groups is 1. The molecule has 0 saturated heterocycles. The van der Waals surface area contributed by atoms with Crippen LogP contribution in [0.25, 0.3) is 0 Å². The topological polar surface area (TPSA) is 103 Å². The summed E-state index contributed by atoms with van der Waals surface area (Å²) in [4.78, 5) is 34.3. The third-order valence-electron chi connectivity index (χ3n) is 2.89. The van der Waals surface area contributed by atoms with Gasteiger partial charge in [0.25, 0.3) is 5.91 Å². The molecule has 138 valence electrons. The molecule has 0 spiro atoms. The maximum Gasteiger partial charge on any atom is 0.321 e. The molecule has 1 aromatic carbocycles. The minimum absolute atomic E-state index is 0.0691. The van der Waals surface area contributed by atoms with E-state index in [-0.39, 0.29) is 6.42 Å². The third kappa shape index (κ3) is 7.00. The number of carbonyl (C=O) groups is 3. The van der Waals surface area contributed by atoms with Gasteiger partial charge in [0.1, 0.15) is 0 Å². The normalized spacial score (nSPS) is 9.92. The monoisotopic (exact) mass is 416 g/mol. The summed E-state index contributed by atoms with van der Waals surface area (Å²) < 4.78 is 16.5. The van der Waals surface area contributed by atoms with Crippen LogP contribution in [0.5, 0.6) is 11.5 Å². The number of ether oxygens (including phenoxy) is 3. The number of amides is 3. The van der Waals surface area contributed by atoms with Crippen LogP contribution >= 0.6 is 15.9 Å². The van der Waals surface area contributed by atoms with Gasteiger partial charge in [-0.1, -0.05) is 15.9 Å². The highest BCUT2D eigenvalue weighted by atomic mass is 79.9. The average Bonchev–Trinajstić information content (AvgIpc) is 2.57. The van der Waals surface area contributed by atoms with E-state index in [0.29, 0.717) is 34.7 Å². The predicted octanol–water partition coefficient (Wildman–Crippen LogP) is 1.79. The van der Waals surface area contributed by atoms with E-state index in [4.69, 9.17) is 14.2 Å². The molecule has 0 fully saturated rings. The minimum atomic E-state index is -0.714. The number of hydrogen-bond acceptors (Lipinski definition) is 6. The highest BCUT2D eigenvalue weighted by molar-refractivity contribution is 9.10. The first-order chi connectivity index (χ1) is 11.9. The molecular weight excluding hydrogens is 396 g/mol. The summed E-state index contributed by atoms with van der Waals surface area (Å²) in [7, 11) is 1.37. The molecule has 0 saturated carbocycles. The quantitative estimate of drug-likeness (QED) is 0.626. The van der Waals surface area contributed by atoms with Crippen molar-refractivity contribution < 1.29 is 28.6 Å². The standard InChI is InChI=1S/C16H21BrN2O6/c1-4-23-12-6-10(11(17)8-13(12)24-5-2)7-15(21)25-9-14(20)19-16(22)18-3/h6,8H,4-5,7,9H2,1-3H3,(H2,18,19,20,22). The largest absolute Gasteiger partial charge is 0.490 e. The van der Waals surface area contributed by atoms with Crippen LogP contribution in [0.4, 0.5) is 4.79 Å². The van der Waals surface area contributed by atoms with Crippen molar-refractivity contribution in [2.75, 3.05) is 26.9 Å². The highest BCUT2D eigenvalue weighted by Gasteiger charge is 2.15. The van der Waals surface area contributed by atoms with E-state index in [2.05, 4.69) is 21.2 Å². The molecule has 0 aliphatic carbocycles. The zero-order valence-corrected chi connectivity index (χ0v) is 15.9. The van der Waals surface area contributed by atoms with Crippen molar-refractivity contribution >= 4 is 33.8 Å². The van der Waals surface area contributed by atoms with Crippen LogP contribution in [-0.4, -0.2) is 44.8 Å². The van der Waals surface area contributed by atoms with Gasteiger partial charge in [0, 0.05) is 11.5 Å². The van der Waals surface area contributed by atoms with Gasteiger partial charge in [-0.2, -0.15) is 0 Å². The van der Waals surface area contributed by atoms with E-state index < -0.39 is 24.5 Å². The summed E-state index contributed by atoms with van der Waals surface area (Å²) in [5.41, 5.74) is 0.628. The van der Waals surface area contributed by atoms with Crippen LogP contribution in [-0.2, 0) is 20.7 Å². The number of rotatable bonds is 8. The molecule has 9 heteroatoms. The van der Waals surface area contributed by atoms with Gasteiger partial charge in [-0.15, -0.1) is 0 Å². The van der Waals surface area contributed by atoms with Gasteiger partial charge in [-0.25, -0.2) is 4.79 Å². The van der Waals surface area contributed by atoms with Crippen molar-refractivity contribution in [1.29, 1.82) is 0 Å². The Hall–Kier alpha value is -2.29. The fraction of sp³-hybridized carbons (Fsp3) is 0.438. The Bertz CT molecular complexity index is 635. The number of urea groups is 1. The van der Waals surface area contributed by atoms with E-state index in [1.807, 2.05) is 19.2 Å². The van der Waals surface area contributed by atoms with Crippen LogP contribution in [0.3, 0.4) is 0 Å². The van der Waals surface area contributed by atoms with Crippen LogP contribution in [0.1, 0.15) is 19.4 Å². The summed E-state index contributed by atoms with van der Waals surface area (Å²) in [5.74, 6) is -0.237. The summed E-state index contributed by atoms with van der Waals surface area (Å²) >= 11 is 3.38. The number of halogens is 1. The number of nitrogens with one attached hydrogen (secondary N) is 2. The highest BCUT2D eigenvalue weighted by Crippen LogP contribution is 2.34. The van der Waals surface area contributed by atoms with Crippen molar-refractivity contribution in [3.8, 4) is 11.5 Å². The molecule has 2 N–H and O–H groups in total. The number of benzene rings is 1. The molecule has 1 aromatic rings. The van der Waals surface area contributed by atoms with Gasteiger partial charge in [0.2, 0.25) is 0 Å². The number of carbonyl (C=O) groups excluding carboxylic acids is 3. The van der Waals surface area contributed by atoms with Crippen molar-refractivity contribution in [3.05, 3.63) is 22.2 Å². The maximum atomic E-state index is 11.9. The lowest BCUT2D eigenvalue weighted by molar-refractivity contribution is -0.147. The summed E-state index contributed by atoms with van der Waals surface area (Å²) in [6, 6.07) is 2.73.